The SMILES string of the molecule is COc1ccc(CC/C(C)=N\NC(=S)NCc2ccc(F)cc2)cc1. The van der Waals surface area contributed by atoms with Crippen LogP contribution in [-0.2, 0) is 13.0 Å². The van der Waals surface area contributed by atoms with Crippen molar-refractivity contribution < 1.29 is 9.13 Å². The highest BCUT2D eigenvalue weighted by atomic mass is 32.1. The van der Waals surface area contributed by atoms with Crippen LogP contribution >= 0.6 is 12.2 Å². The van der Waals surface area contributed by atoms with E-state index >= 15 is 0 Å². The van der Waals surface area contributed by atoms with Crippen LogP contribution in [0, 0.1) is 5.82 Å². The summed E-state index contributed by atoms with van der Waals surface area (Å²) in [7, 11) is 1.66. The molecule has 0 saturated heterocycles. The molecular formula is C19H22FN3OS. The maximum Gasteiger partial charge on any atom is 0.187 e. The van der Waals surface area contributed by atoms with Crippen LogP contribution in [0.3, 0.4) is 0 Å². The van der Waals surface area contributed by atoms with E-state index in [1.807, 2.05) is 19.1 Å². The van der Waals surface area contributed by atoms with Gasteiger partial charge in [0.05, 0.1) is 7.11 Å². The number of hydrogen-bond donors (Lipinski definition) is 2. The van der Waals surface area contributed by atoms with Gasteiger partial charge in [0, 0.05) is 12.3 Å². The molecule has 0 unspecified atom stereocenters. The van der Waals surface area contributed by atoms with E-state index in [1.54, 1.807) is 19.2 Å². The van der Waals surface area contributed by atoms with Crippen LogP contribution in [0.2, 0.25) is 0 Å². The molecule has 6 heteroatoms. The summed E-state index contributed by atoms with van der Waals surface area (Å²) in [4.78, 5) is 0. The van der Waals surface area contributed by atoms with Crippen LogP contribution in [0.4, 0.5) is 4.39 Å². The maximum atomic E-state index is 12.8. The molecule has 2 N–H and O–H groups in total. The number of thiocarbonyl (C=S) groups is 1. The molecule has 0 fully saturated rings. The molecule has 2 aromatic carbocycles. The number of rotatable bonds is 7. The number of aryl methyl sites for hydroxylation is 1. The first kappa shape index (κ1) is 18.9. The molecule has 0 aliphatic heterocycles. The van der Waals surface area contributed by atoms with Gasteiger partial charge in [-0.2, -0.15) is 5.10 Å². The van der Waals surface area contributed by atoms with E-state index < -0.39 is 0 Å². The molecule has 0 radical (unpaired) electrons. The van der Waals surface area contributed by atoms with Crippen LogP contribution in [0.15, 0.2) is 53.6 Å². The van der Waals surface area contributed by atoms with Gasteiger partial charge in [0.15, 0.2) is 5.11 Å². The molecule has 0 saturated carbocycles. The summed E-state index contributed by atoms with van der Waals surface area (Å²) in [6, 6.07) is 14.3. The Balaban J connectivity index is 1.71. The van der Waals surface area contributed by atoms with E-state index in [-0.39, 0.29) is 5.82 Å². The summed E-state index contributed by atoms with van der Waals surface area (Å²) in [5, 5.41) is 7.75. The first-order valence-corrected chi connectivity index (χ1v) is 8.42. The molecule has 0 amide bonds. The van der Waals surface area contributed by atoms with Crippen LogP contribution in [0.1, 0.15) is 24.5 Å². The molecule has 4 nitrogen and oxygen atoms in total. The van der Waals surface area contributed by atoms with Crippen LogP contribution in [-0.4, -0.2) is 17.9 Å². The van der Waals surface area contributed by atoms with Gasteiger partial charge in [-0.05, 0) is 67.4 Å². The zero-order valence-electron chi connectivity index (χ0n) is 14.4. The van der Waals surface area contributed by atoms with Crippen molar-refractivity contribution in [1.29, 1.82) is 0 Å². The molecule has 2 aromatic rings. The van der Waals surface area contributed by atoms with E-state index in [0.717, 1.165) is 29.9 Å². The highest BCUT2D eigenvalue weighted by Crippen LogP contribution is 2.12. The number of nitrogens with one attached hydrogen (secondary N) is 2. The molecular weight excluding hydrogens is 337 g/mol. The van der Waals surface area contributed by atoms with Gasteiger partial charge in [-0.25, -0.2) is 4.39 Å². The van der Waals surface area contributed by atoms with E-state index in [4.69, 9.17) is 17.0 Å². The third kappa shape index (κ3) is 6.89. The van der Waals surface area contributed by atoms with Crippen molar-refractivity contribution in [2.75, 3.05) is 7.11 Å². The number of benzene rings is 2. The molecule has 0 spiro atoms. The summed E-state index contributed by atoms with van der Waals surface area (Å²) in [5.74, 6) is 0.606. The lowest BCUT2D eigenvalue weighted by Crippen LogP contribution is -2.32. The molecule has 0 aromatic heterocycles. The van der Waals surface area contributed by atoms with Gasteiger partial charge in [-0.1, -0.05) is 24.3 Å². The summed E-state index contributed by atoms with van der Waals surface area (Å²) in [6.45, 7) is 2.48. The summed E-state index contributed by atoms with van der Waals surface area (Å²) < 4.78 is 18.0. The van der Waals surface area contributed by atoms with Crippen molar-refractivity contribution in [2.24, 2.45) is 5.10 Å². The number of halogens is 1. The maximum absolute atomic E-state index is 12.8. The third-order valence-corrected chi connectivity index (χ3v) is 3.88. The van der Waals surface area contributed by atoms with Crippen molar-refractivity contribution in [3.05, 3.63) is 65.5 Å². The fourth-order valence-corrected chi connectivity index (χ4v) is 2.26. The molecule has 0 atom stereocenters. The molecule has 0 heterocycles. The minimum Gasteiger partial charge on any atom is -0.497 e. The number of hydrazone groups is 1. The average molecular weight is 359 g/mol. The first-order chi connectivity index (χ1) is 12.1. The van der Waals surface area contributed by atoms with Gasteiger partial charge in [0.2, 0.25) is 0 Å². The summed E-state index contributed by atoms with van der Waals surface area (Å²) >= 11 is 5.19. The Bertz CT molecular complexity index is 714. The van der Waals surface area contributed by atoms with Gasteiger partial charge >= 0.3 is 0 Å². The highest BCUT2D eigenvalue weighted by Gasteiger charge is 1.99. The lowest BCUT2D eigenvalue weighted by molar-refractivity contribution is 0.414. The fraction of sp³-hybridized carbons (Fsp3) is 0.263. The molecule has 0 bridgehead atoms. The van der Waals surface area contributed by atoms with Gasteiger partial charge in [-0.3, -0.25) is 5.43 Å². The topological polar surface area (TPSA) is 45.6 Å². The van der Waals surface area contributed by atoms with E-state index in [2.05, 4.69) is 28.0 Å². The minimum absolute atomic E-state index is 0.249. The van der Waals surface area contributed by atoms with E-state index in [1.165, 1.54) is 17.7 Å². The molecule has 0 aliphatic rings. The fourth-order valence-electron chi connectivity index (χ4n) is 2.14. The van der Waals surface area contributed by atoms with Gasteiger partial charge < -0.3 is 10.1 Å². The molecule has 132 valence electrons. The van der Waals surface area contributed by atoms with Gasteiger partial charge in [0.25, 0.3) is 0 Å². The van der Waals surface area contributed by atoms with Gasteiger partial charge in [-0.15, -0.1) is 0 Å². The number of ether oxygens (including phenoxy) is 1. The Labute approximate surface area is 153 Å². The van der Waals surface area contributed by atoms with Crippen LogP contribution in [0.5, 0.6) is 5.75 Å². The second-order valence-electron chi connectivity index (χ2n) is 5.62. The van der Waals surface area contributed by atoms with Gasteiger partial charge in [0.1, 0.15) is 11.6 Å². The Kier molecular flexibility index (Phi) is 7.35. The number of hydrogen-bond acceptors (Lipinski definition) is 3. The van der Waals surface area contributed by atoms with Crippen molar-refractivity contribution in [2.45, 2.75) is 26.3 Å². The molecule has 2 rings (SSSR count). The second-order valence-corrected chi connectivity index (χ2v) is 6.02. The standard InChI is InChI=1S/C19H22FN3OS/c1-14(3-4-15-7-11-18(24-2)12-8-15)22-23-19(25)21-13-16-5-9-17(20)10-6-16/h5-12H,3-4,13H2,1-2H3,(H2,21,23,25)/b22-14-. The highest BCUT2D eigenvalue weighted by molar-refractivity contribution is 7.80. The number of methoxy groups -OCH3 is 1. The van der Waals surface area contributed by atoms with Crippen molar-refractivity contribution in [3.63, 3.8) is 0 Å². The van der Waals surface area contributed by atoms with E-state index in [9.17, 15) is 4.39 Å². The smallest absolute Gasteiger partial charge is 0.187 e. The molecule has 0 aliphatic carbocycles. The quantitative estimate of drug-likeness (QED) is 0.448. The predicted molar refractivity (Wildman–Crippen MR) is 103 cm³/mol. The van der Waals surface area contributed by atoms with Crippen molar-refractivity contribution >= 4 is 23.0 Å². The average Bonchev–Trinajstić information content (AvgIpc) is 2.64. The van der Waals surface area contributed by atoms with Crippen molar-refractivity contribution in [1.82, 2.24) is 10.7 Å². The third-order valence-electron chi connectivity index (χ3n) is 3.65. The Hall–Kier alpha value is -2.47. The van der Waals surface area contributed by atoms with Crippen LogP contribution < -0.4 is 15.5 Å². The van der Waals surface area contributed by atoms with Crippen LogP contribution in [0.25, 0.3) is 0 Å². The van der Waals surface area contributed by atoms with Crippen molar-refractivity contribution in [3.8, 4) is 5.75 Å². The van der Waals surface area contributed by atoms with E-state index in [0.29, 0.717) is 11.7 Å². The monoisotopic (exact) mass is 359 g/mol. The lowest BCUT2D eigenvalue weighted by Gasteiger charge is -2.08. The zero-order chi connectivity index (χ0) is 18.1. The number of nitrogens with zero attached hydrogens (tertiary/aromatic N) is 1. The Morgan fingerprint density at radius 1 is 1.08 bits per heavy atom. The summed E-state index contributed by atoms with van der Waals surface area (Å²) in [6.07, 6.45) is 1.73. The predicted octanol–water partition coefficient (Wildman–Crippen LogP) is 3.81. The largest absolute Gasteiger partial charge is 0.497 e. The minimum atomic E-state index is -0.249. The zero-order valence-corrected chi connectivity index (χ0v) is 15.2. The lowest BCUT2D eigenvalue weighted by atomic mass is 10.1. The molecule has 25 heavy (non-hydrogen) atoms. The first-order valence-electron chi connectivity index (χ1n) is 8.01. The second kappa shape index (κ2) is 9.74. The Morgan fingerprint density at radius 2 is 1.72 bits per heavy atom. The normalized spacial score (nSPS) is 11.1. The Morgan fingerprint density at radius 3 is 2.36 bits per heavy atom. The summed E-state index contributed by atoms with van der Waals surface area (Å²) in [5.41, 5.74) is 5.97.